The second-order valence-corrected chi connectivity index (χ2v) is 5.36. The molecule has 25 heavy (non-hydrogen) atoms. The quantitative estimate of drug-likeness (QED) is 0.711. The van der Waals surface area contributed by atoms with Crippen molar-refractivity contribution in [3.05, 3.63) is 60.2 Å². The van der Waals surface area contributed by atoms with Crippen molar-refractivity contribution < 1.29 is 13.9 Å². The van der Waals surface area contributed by atoms with E-state index in [2.05, 4.69) is 20.5 Å². The fourth-order valence-electron chi connectivity index (χ4n) is 2.22. The molecule has 7 heteroatoms. The lowest BCUT2D eigenvalue weighted by Crippen LogP contribution is -2.23. The Hall–Kier alpha value is -3.22. The van der Waals surface area contributed by atoms with Gasteiger partial charge in [-0.1, -0.05) is 0 Å². The van der Waals surface area contributed by atoms with E-state index < -0.39 is 0 Å². The van der Waals surface area contributed by atoms with Crippen molar-refractivity contribution in [1.29, 1.82) is 0 Å². The smallest absolute Gasteiger partial charge is 0.247 e. The molecule has 0 unspecified atom stereocenters. The van der Waals surface area contributed by atoms with Crippen LogP contribution in [-0.4, -0.2) is 28.2 Å². The minimum absolute atomic E-state index is 0.0685. The van der Waals surface area contributed by atoms with E-state index in [1.165, 1.54) is 0 Å². The molecule has 0 radical (unpaired) electrons. The van der Waals surface area contributed by atoms with Gasteiger partial charge >= 0.3 is 0 Å². The minimum Gasteiger partial charge on any atom is -0.497 e. The van der Waals surface area contributed by atoms with Crippen LogP contribution in [0.2, 0.25) is 0 Å². The summed E-state index contributed by atoms with van der Waals surface area (Å²) in [6, 6.07) is 11.1. The summed E-state index contributed by atoms with van der Waals surface area (Å²) >= 11 is 0. The van der Waals surface area contributed by atoms with E-state index in [0.29, 0.717) is 24.7 Å². The number of pyridine rings is 1. The molecule has 2 aromatic heterocycles. The highest BCUT2D eigenvalue weighted by Gasteiger charge is 2.10. The van der Waals surface area contributed by atoms with E-state index in [0.717, 1.165) is 16.9 Å². The molecule has 0 fully saturated rings. The zero-order valence-electron chi connectivity index (χ0n) is 13.8. The van der Waals surface area contributed by atoms with E-state index >= 15 is 0 Å². The minimum atomic E-state index is -0.0685. The number of carbonyl (C=O) groups is 1. The highest BCUT2D eigenvalue weighted by Crippen LogP contribution is 2.21. The van der Waals surface area contributed by atoms with Crippen LogP contribution in [0.4, 0.5) is 0 Å². The van der Waals surface area contributed by atoms with Gasteiger partial charge in [0.15, 0.2) is 0 Å². The first-order valence-electron chi connectivity index (χ1n) is 7.87. The fraction of sp³-hybridized carbons (Fsp3) is 0.222. The molecule has 0 saturated carbocycles. The van der Waals surface area contributed by atoms with Crippen LogP contribution in [-0.2, 0) is 17.8 Å². The number of nitrogens with one attached hydrogen (secondary N) is 1. The molecular weight excluding hydrogens is 320 g/mol. The summed E-state index contributed by atoms with van der Waals surface area (Å²) in [5, 5.41) is 10.9. The third kappa shape index (κ3) is 4.63. The monoisotopic (exact) mass is 338 g/mol. The Bertz CT molecular complexity index is 816. The largest absolute Gasteiger partial charge is 0.497 e. The van der Waals surface area contributed by atoms with Gasteiger partial charge in [0.2, 0.25) is 17.7 Å². The summed E-state index contributed by atoms with van der Waals surface area (Å²) in [5.41, 5.74) is 1.81. The second-order valence-electron chi connectivity index (χ2n) is 5.36. The van der Waals surface area contributed by atoms with Crippen LogP contribution in [0.25, 0.3) is 11.5 Å². The Kier molecular flexibility index (Phi) is 5.36. The summed E-state index contributed by atoms with van der Waals surface area (Å²) in [5.74, 6) is 1.55. The van der Waals surface area contributed by atoms with E-state index in [9.17, 15) is 4.79 Å². The zero-order chi connectivity index (χ0) is 17.5. The molecule has 1 amide bonds. The molecule has 0 atom stereocenters. The summed E-state index contributed by atoms with van der Waals surface area (Å²) < 4.78 is 10.7. The van der Waals surface area contributed by atoms with Gasteiger partial charge in [-0.3, -0.25) is 9.78 Å². The molecule has 0 aliphatic rings. The maximum Gasteiger partial charge on any atom is 0.247 e. The second kappa shape index (κ2) is 8.05. The molecule has 0 spiro atoms. The van der Waals surface area contributed by atoms with E-state index in [1.807, 2.05) is 36.4 Å². The topological polar surface area (TPSA) is 90.1 Å². The SMILES string of the molecule is COc1ccc(-c2nnc(CCC(=O)NCc3ccncc3)o2)cc1. The molecule has 3 rings (SSSR count). The van der Waals surface area contributed by atoms with Crippen molar-refractivity contribution in [2.24, 2.45) is 0 Å². The van der Waals surface area contributed by atoms with Crippen molar-refractivity contribution in [1.82, 2.24) is 20.5 Å². The van der Waals surface area contributed by atoms with Gasteiger partial charge in [0.1, 0.15) is 5.75 Å². The number of ether oxygens (including phenoxy) is 1. The van der Waals surface area contributed by atoms with E-state index in [1.54, 1.807) is 19.5 Å². The number of nitrogens with zero attached hydrogens (tertiary/aromatic N) is 3. The van der Waals surface area contributed by atoms with Crippen molar-refractivity contribution in [2.45, 2.75) is 19.4 Å². The average Bonchev–Trinajstić information content (AvgIpc) is 3.14. The molecule has 7 nitrogen and oxygen atoms in total. The van der Waals surface area contributed by atoms with Crippen LogP contribution in [0.15, 0.2) is 53.2 Å². The number of aromatic nitrogens is 3. The number of hydrogen-bond donors (Lipinski definition) is 1. The Balaban J connectivity index is 1.50. The molecule has 3 aromatic rings. The van der Waals surface area contributed by atoms with Crippen LogP contribution in [0, 0.1) is 0 Å². The normalized spacial score (nSPS) is 10.4. The van der Waals surface area contributed by atoms with Crippen LogP contribution in [0.5, 0.6) is 5.75 Å². The number of aryl methyl sites for hydroxylation is 1. The van der Waals surface area contributed by atoms with E-state index in [4.69, 9.17) is 9.15 Å². The standard InChI is InChI=1S/C18H18N4O3/c1-24-15-4-2-14(3-5-15)18-22-21-17(25-18)7-6-16(23)20-12-13-8-10-19-11-9-13/h2-5,8-11H,6-7,12H2,1H3,(H,20,23). The molecule has 1 aromatic carbocycles. The zero-order valence-corrected chi connectivity index (χ0v) is 13.8. The van der Waals surface area contributed by atoms with Gasteiger partial charge in [0.25, 0.3) is 0 Å². The molecule has 2 heterocycles. The number of carbonyl (C=O) groups excluding carboxylic acids is 1. The lowest BCUT2D eigenvalue weighted by atomic mass is 10.2. The predicted octanol–water partition coefficient (Wildman–Crippen LogP) is 2.39. The number of amides is 1. The Labute approximate surface area is 145 Å². The van der Waals surface area contributed by atoms with Crippen molar-refractivity contribution in [2.75, 3.05) is 7.11 Å². The van der Waals surface area contributed by atoms with Gasteiger partial charge in [-0.15, -0.1) is 10.2 Å². The van der Waals surface area contributed by atoms with E-state index in [-0.39, 0.29) is 12.3 Å². The molecule has 1 N–H and O–H groups in total. The average molecular weight is 338 g/mol. The molecular formula is C18H18N4O3. The summed E-state index contributed by atoms with van der Waals surface area (Å²) in [7, 11) is 1.61. The number of rotatable bonds is 7. The molecule has 128 valence electrons. The van der Waals surface area contributed by atoms with Crippen LogP contribution in [0.1, 0.15) is 17.9 Å². The fourth-order valence-corrected chi connectivity index (χ4v) is 2.22. The summed E-state index contributed by atoms with van der Waals surface area (Å²) in [4.78, 5) is 15.8. The van der Waals surface area contributed by atoms with Gasteiger partial charge in [0, 0.05) is 37.3 Å². The van der Waals surface area contributed by atoms with Crippen LogP contribution in [0.3, 0.4) is 0 Å². The van der Waals surface area contributed by atoms with Crippen molar-refractivity contribution >= 4 is 5.91 Å². The molecule has 0 saturated heterocycles. The first-order chi connectivity index (χ1) is 12.2. The lowest BCUT2D eigenvalue weighted by molar-refractivity contribution is -0.121. The maximum atomic E-state index is 11.9. The highest BCUT2D eigenvalue weighted by atomic mass is 16.5. The number of methoxy groups -OCH3 is 1. The first kappa shape index (κ1) is 16.6. The van der Waals surface area contributed by atoms with Gasteiger partial charge < -0.3 is 14.5 Å². The first-order valence-corrected chi connectivity index (χ1v) is 7.87. The Morgan fingerprint density at radius 1 is 1.12 bits per heavy atom. The number of hydrogen-bond acceptors (Lipinski definition) is 6. The Morgan fingerprint density at radius 3 is 2.60 bits per heavy atom. The highest BCUT2D eigenvalue weighted by molar-refractivity contribution is 5.76. The number of benzene rings is 1. The summed E-state index contributed by atoms with van der Waals surface area (Å²) in [6.07, 6.45) is 4.07. The van der Waals surface area contributed by atoms with Crippen LogP contribution < -0.4 is 10.1 Å². The lowest BCUT2D eigenvalue weighted by Gasteiger charge is -2.03. The predicted molar refractivity (Wildman–Crippen MR) is 90.7 cm³/mol. The third-order valence-electron chi connectivity index (χ3n) is 3.61. The third-order valence-corrected chi connectivity index (χ3v) is 3.61. The molecule has 0 aliphatic carbocycles. The summed E-state index contributed by atoms with van der Waals surface area (Å²) in [6.45, 7) is 0.474. The molecule has 0 bridgehead atoms. The maximum absolute atomic E-state index is 11.9. The van der Waals surface area contributed by atoms with Gasteiger partial charge in [-0.05, 0) is 42.0 Å². The van der Waals surface area contributed by atoms with Crippen molar-refractivity contribution in [3.63, 3.8) is 0 Å². The van der Waals surface area contributed by atoms with Gasteiger partial charge in [-0.25, -0.2) is 0 Å². The van der Waals surface area contributed by atoms with Crippen molar-refractivity contribution in [3.8, 4) is 17.2 Å². The van der Waals surface area contributed by atoms with Crippen LogP contribution >= 0.6 is 0 Å². The van der Waals surface area contributed by atoms with Gasteiger partial charge in [-0.2, -0.15) is 0 Å². The van der Waals surface area contributed by atoms with Gasteiger partial charge in [0.05, 0.1) is 7.11 Å². The molecule has 0 aliphatic heterocycles. The Morgan fingerprint density at radius 2 is 1.88 bits per heavy atom.